The molecule has 5 nitrogen and oxygen atoms in total. The van der Waals surface area contributed by atoms with Crippen molar-refractivity contribution in [1.29, 1.82) is 5.26 Å². The molecule has 1 aliphatic rings. The first-order valence-corrected chi connectivity index (χ1v) is 6.84. The highest BCUT2D eigenvalue weighted by molar-refractivity contribution is 7.80. The number of ether oxygens (including phenoxy) is 2. The largest absolute Gasteiger partial charge is 0.494 e. The molecule has 0 saturated carbocycles. The molecule has 1 aromatic rings. The fourth-order valence-electron chi connectivity index (χ4n) is 1.89. The summed E-state index contributed by atoms with van der Waals surface area (Å²) in [4.78, 5) is 1.84. The minimum atomic E-state index is -0.260. The third kappa shape index (κ3) is 3.59. The molecular formula is C14H16N2O3S. The first-order valence-electron chi connectivity index (χ1n) is 6.43. The SMILES string of the molecule is N#CCCCOc1ccc(N2CC(CO)OC2=S)cc1. The molecule has 0 aromatic heterocycles. The third-order valence-electron chi connectivity index (χ3n) is 2.93. The molecule has 1 aliphatic heterocycles. The third-order valence-corrected chi connectivity index (χ3v) is 3.24. The van der Waals surface area contributed by atoms with Gasteiger partial charge in [-0.15, -0.1) is 0 Å². The molecule has 1 unspecified atom stereocenters. The average Bonchev–Trinajstić information content (AvgIpc) is 2.85. The van der Waals surface area contributed by atoms with E-state index >= 15 is 0 Å². The van der Waals surface area contributed by atoms with Crippen molar-refractivity contribution in [2.24, 2.45) is 0 Å². The summed E-state index contributed by atoms with van der Waals surface area (Å²) in [5.41, 5.74) is 0.912. The van der Waals surface area contributed by atoms with Crippen LogP contribution in [0.3, 0.4) is 0 Å². The topological polar surface area (TPSA) is 65.7 Å². The number of aliphatic hydroxyl groups is 1. The molecular weight excluding hydrogens is 276 g/mol. The van der Waals surface area contributed by atoms with Gasteiger partial charge in [-0.3, -0.25) is 4.90 Å². The van der Waals surface area contributed by atoms with Gasteiger partial charge in [0.1, 0.15) is 11.9 Å². The normalized spacial score (nSPS) is 17.7. The van der Waals surface area contributed by atoms with Crippen molar-refractivity contribution in [3.8, 4) is 11.8 Å². The lowest BCUT2D eigenvalue weighted by Gasteiger charge is -2.15. The summed E-state index contributed by atoms with van der Waals surface area (Å²) >= 11 is 5.13. The van der Waals surface area contributed by atoms with Crippen LogP contribution in [0.1, 0.15) is 12.8 Å². The Balaban J connectivity index is 1.91. The van der Waals surface area contributed by atoms with Crippen LogP contribution in [0, 0.1) is 11.3 Å². The molecule has 6 heteroatoms. The van der Waals surface area contributed by atoms with Crippen LogP contribution >= 0.6 is 12.2 Å². The number of rotatable bonds is 6. The second kappa shape index (κ2) is 7.08. The summed E-state index contributed by atoms with van der Waals surface area (Å²) in [5, 5.41) is 17.9. The van der Waals surface area contributed by atoms with Crippen LogP contribution in [0.5, 0.6) is 5.75 Å². The molecule has 1 saturated heterocycles. The molecule has 1 heterocycles. The zero-order valence-electron chi connectivity index (χ0n) is 11.0. The summed E-state index contributed by atoms with van der Waals surface area (Å²) in [5.74, 6) is 0.761. The van der Waals surface area contributed by atoms with Gasteiger partial charge >= 0.3 is 0 Å². The van der Waals surface area contributed by atoms with Gasteiger partial charge in [0.05, 0.1) is 25.8 Å². The molecule has 0 spiro atoms. The zero-order chi connectivity index (χ0) is 14.4. The van der Waals surface area contributed by atoms with E-state index in [0.717, 1.165) is 17.9 Å². The smallest absolute Gasteiger partial charge is 0.264 e. The number of thiocarbonyl (C=S) groups is 1. The first-order chi connectivity index (χ1) is 9.74. The molecule has 0 bridgehead atoms. The van der Waals surface area contributed by atoms with Gasteiger partial charge in [-0.1, -0.05) is 0 Å². The van der Waals surface area contributed by atoms with E-state index in [1.165, 1.54) is 0 Å². The van der Waals surface area contributed by atoms with Crippen LogP contribution < -0.4 is 9.64 Å². The number of hydrogen-bond acceptors (Lipinski definition) is 5. The van der Waals surface area contributed by atoms with E-state index in [1.54, 1.807) is 0 Å². The molecule has 0 amide bonds. The Hall–Kier alpha value is -1.84. The van der Waals surface area contributed by atoms with Crippen LogP contribution in [-0.4, -0.2) is 36.1 Å². The van der Waals surface area contributed by atoms with Crippen LogP contribution in [0.15, 0.2) is 24.3 Å². The Morgan fingerprint density at radius 1 is 1.45 bits per heavy atom. The van der Waals surface area contributed by atoms with Crippen molar-refractivity contribution in [1.82, 2.24) is 0 Å². The molecule has 1 fully saturated rings. The molecule has 0 aliphatic carbocycles. The number of hydrogen-bond donors (Lipinski definition) is 1. The number of anilines is 1. The van der Waals surface area contributed by atoms with Gasteiger partial charge in [0.2, 0.25) is 0 Å². The summed E-state index contributed by atoms with van der Waals surface area (Å²) < 4.78 is 10.9. The molecule has 20 heavy (non-hydrogen) atoms. The maximum atomic E-state index is 9.08. The molecule has 106 valence electrons. The van der Waals surface area contributed by atoms with Crippen LogP contribution in [0.25, 0.3) is 0 Å². The van der Waals surface area contributed by atoms with E-state index in [4.69, 9.17) is 32.1 Å². The quantitative estimate of drug-likeness (QED) is 0.637. The number of nitrogens with zero attached hydrogens (tertiary/aromatic N) is 2. The minimum Gasteiger partial charge on any atom is -0.494 e. The predicted octanol–water partition coefficient (Wildman–Crippen LogP) is 1.85. The lowest BCUT2D eigenvalue weighted by atomic mass is 10.2. The van der Waals surface area contributed by atoms with E-state index in [9.17, 15) is 0 Å². The lowest BCUT2D eigenvalue weighted by molar-refractivity contribution is 0.136. The molecule has 1 aromatic carbocycles. The van der Waals surface area contributed by atoms with Gasteiger partial charge in [-0.25, -0.2) is 0 Å². The van der Waals surface area contributed by atoms with Gasteiger partial charge in [0.15, 0.2) is 0 Å². The highest BCUT2D eigenvalue weighted by Gasteiger charge is 2.28. The first kappa shape index (κ1) is 14.6. The van der Waals surface area contributed by atoms with E-state index in [-0.39, 0.29) is 12.7 Å². The van der Waals surface area contributed by atoms with Crippen LogP contribution in [0.2, 0.25) is 0 Å². The number of aliphatic hydroxyl groups excluding tert-OH is 1. The van der Waals surface area contributed by atoms with Gasteiger partial charge in [-0.05, 0) is 42.9 Å². The van der Waals surface area contributed by atoms with Crippen molar-refractivity contribution >= 4 is 23.1 Å². The van der Waals surface area contributed by atoms with E-state index in [2.05, 4.69) is 6.07 Å². The van der Waals surface area contributed by atoms with E-state index < -0.39 is 0 Å². The molecule has 2 rings (SSSR count). The fourth-order valence-corrected chi connectivity index (χ4v) is 2.21. The lowest BCUT2D eigenvalue weighted by Crippen LogP contribution is -2.25. The Morgan fingerprint density at radius 2 is 2.20 bits per heavy atom. The van der Waals surface area contributed by atoms with Gasteiger partial charge in [0.25, 0.3) is 5.17 Å². The van der Waals surface area contributed by atoms with Crippen molar-refractivity contribution < 1.29 is 14.6 Å². The van der Waals surface area contributed by atoms with Crippen molar-refractivity contribution in [2.75, 3.05) is 24.7 Å². The Bertz CT molecular complexity index is 498. The van der Waals surface area contributed by atoms with E-state index in [0.29, 0.717) is 24.7 Å². The Morgan fingerprint density at radius 3 is 2.80 bits per heavy atom. The highest BCUT2D eigenvalue weighted by Crippen LogP contribution is 2.24. The minimum absolute atomic E-state index is 0.0449. The standard InChI is InChI=1S/C14H16N2O3S/c15-7-1-2-8-18-12-5-3-11(4-6-12)16-9-13(10-17)19-14(16)20/h3-6,13,17H,1-2,8-10H2. The number of unbranched alkanes of at least 4 members (excludes halogenated alkanes) is 1. The zero-order valence-corrected chi connectivity index (χ0v) is 11.8. The molecule has 1 N–H and O–H groups in total. The highest BCUT2D eigenvalue weighted by atomic mass is 32.1. The van der Waals surface area contributed by atoms with Gasteiger partial charge in [-0.2, -0.15) is 5.26 Å². The van der Waals surface area contributed by atoms with Crippen molar-refractivity contribution in [2.45, 2.75) is 18.9 Å². The summed E-state index contributed by atoms with van der Waals surface area (Å²) in [6, 6.07) is 9.59. The van der Waals surface area contributed by atoms with Gasteiger partial charge < -0.3 is 14.6 Å². The number of nitriles is 1. The van der Waals surface area contributed by atoms with Crippen molar-refractivity contribution in [3.05, 3.63) is 24.3 Å². The number of benzene rings is 1. The van der Waals surface area contributed by atoms with Crippen molar-refractivity contribution in [3.63, 3.8) is 0 Å². The maximum absolute atomic E-state index is 9.08. The van der Waals surface area contributed by atoms with Crippen LogP contribution in [-0.2, 0) is 4.74 Å². The average molecular weight is 292 g/mol. The van der Waals surface area contributed by atoms with E-state index in [1.807, 2.05) is 29.2 Å². The predicted molar refractivity (Wildman–Crippen MR) is 78.7 cm³/mol. The van der Waals surface area contributed by atoms with Gasteiger partial charge in [0, 0.05) is 12.1 Å². The summed E-state index contributed by atoms with van der Waals surface area (Å²) in [6.45, 7) is 1.04. The molecule has 1 atom stereocenters. The molecule has 0 radical (unpaired) electrons. The second-order valence-corrected chi connectivity index (χ2v) is 4.75. The summed E-state index contributed by atoms with van der Waals surface area (Å²) in [7, 11) is 0. The maximum Gasteiger partial charge on any atom is 0.264 e. The summed E-state index contributed by atoms with van der Waals surface area (Å²) in [6.07, 6.45) is 0.963. The monoisotopic (exact) mass is 292 g/mol. The fraction of sp³-hybridized carbons (Fsp3) is 0.429. The Kier molecular flexibility index (Phi) is 5.16. The Labute approximate surface area is 123 Å². The second-order valence-electron chi connectivity index (χ2n) is 4.40. The van der Waals surface area contributed by atoms with Crippen LogP contribution in [0.4, 0.5) is 5.69 Å².